The summed E-state index contributed by atoms with van der Waals surface area (Å²) in [4.78, 5) is 33.1. The highest BCUT2D eigenvalue weighted by molar-refractivity contribution is 7.13. The van der Waals surface area contributed by atoms with Crippen molar-refractivity contribution >= 4 is 45.9 Å². The summed E-state index contributed by atoms with van der Waals surface area (Å²) in [6.45, 7) is 3.71. The van der Waals surface area contributed by atoms with E-state index in [-0.39, 0.29) is 17.5 Å². The zero-order valence-corrected chi connectivity index (χ0v) is 18.7. The molecule has 1 N–H and O–H groups in total. The van der Waals surface area contributed by atoms with Crippen LogP contribution in [0.1, 0.15) is 37.4 Å². The van der Waals surface area contributed by atoms with Gasteiger partial charge in [-0.25, -0.2) is 14.6 Å². The maximum Gasteiger partial charge on any atom is 0.409 e. The number of rotatable bonds is 4. The van der Waals surface area contributed by atoms with Gasteiger partial charge in [0.1, 0.15) is 0 Å². The molecule has 160 valence electrons. The number of thiazole rings is 1. The summed E-state index contributed by atoms with van der Waals surface area (Å²) < 4.78 is 4.89. The summed E-state index contributed by atoms with van der Waals surface area (Å²) in [5, 5.41) is 6.16. The number of hydrogen-bond acceptors (Lipinski definition) is 5. The van der Waals surface area contributed by atoms with Crippen molar-refractivity contribution in [2.24, 2.45) is 0 Å². The van der Waals surface area contributed by atoms with Gasteiger partial charge in [0.25, 0.3) is 0 Å². The second-order valence-corrected chi connectivity index (χ2v) is 9.14. The van der Waals surface area contributed by atoms with E-state index in [2.05, 4.69) is 17.2 Å². The number of halogens is 1. The summed E-state index contributed by atoms with van der Waals surface area (Å²) in [7, 11) is 1.38. The van der Waals surface area contributed by atoms with Gasteiger partial charge in [-0.15, -0.1) is 11.3 Å². The van der Waals surface area contributed by atoms with Gasteiger partial charge in [0.2, 0.25) is 0 Å². The molecule has 1 unspecified atom stereocenters. The number of hydrogen-bond donors (Lipinski definition) is 1. The van der Waals surface area contributed by atoms with Crippen LogP contribution in [0.4, 0.5) is 20.4 Å². The van der Waals surface area contributed by atoms with Crippen molar-refractivity contribution in [3.63, 3.8) is 0 Å². The first-order valence-electron chi connectivity index (χ1n) is 10.1. The summed E-state index contributed by atoms with van der Waals surface area (Å²) in [6, 6.07) is 5.36. The second-order valence-electron chi connectivity index (χ2n) is 7.85. The van der Waals surface area contributed by atoms with Crippen LogP contribution in [0.3, 0.4) is 0 Å². The van der Waals surface area contributed by atoms with E-state index in [0.29, 0.717) is 29.8 Å². The van der Waals surface area contributed by atoms with Crippen molar-refractivity contribution in [3.05, 3.63) is 39.9 Å². The highest BCUT2D eigenvalue weighted by Gasteiger charge is 2.50. The largest absolute Gasteiger partial charge is 0.453 e. The van der Waals surface area contributed by atoms with Gasteiger partial charge in [-0.2, -0.15) is 0 Å². The van der Waals surface area contributed by atoms with Crippen molar-refractivity contribution < 1.29 is 14.3 Å². The molecule has 2 aliphatic heterocycles. The average molecular weight is 449 g/mol. The number of carbonyl (C=O) groups is 2. The van der Waals surface area contributed by atoms with E-state index in [0.717, 1.165) is 42.6 Å². The van der Waals surface area contributed by atoms with Crippen molar-refractivity contribution in [1.29, 1.82) is 0 Å². The fraction of sp³-hybridized carbons (Fsp3) is 0.476. The number of anilines is 2. The number of nitrogens with zero attached hydrogens (tertiary/aromatic N) is 3. The van der Waals surface area contributed by atoms with Crippen LogP contribution in [0.2, 0.25) is 5.02 Å². The highest BCUT2D eigenvalue weighted by Crippen LogP contribution is 2.47. The Morgan fingerprint density at radius 3 is 2.97 bits per heavy atom. The summed E-state index contributed by atoms with van der Waals surface area (Å²) in [6.07, 6.45) is 3.51. The molecule has 2 aromatic rings. The minimum atomic E-state index is -0.347. The number of carbonyl (C=O) groups excluding carboxylic acids is 2. The molecular weight excluding hydrogens is 424 g/mol. The summed E-state index contributed by atoms with van der Waals surface area (Å²) in [5.74, 6) is 0. The van der Waals surface area contributed by atoms with Gasteiger partial charge in [0.05, 0.1) is 12.8 Å². The molecular formula is C21H25ClN4O3S. The van der Waals surface area contributed by atoms with Crippen molar-refractivity contribution in [2.45, 2.75) is 38.0 Å². The van der Waals surface area contributed by atoms with Crippen LogP contribution in [-0.4, -0.2) is 48.8 Å². The van der Waals surface area contributed by atoms with E-state index in [1.165, 1.54) is 18.4 Å². The Hall–Kier alpha value is -2.32. The first kappa shape index (κ1) is 20.9. The Kier molecular flexibility index (Phi) is 5.88. The van der Waals surface area contributed by atoms with Crippen LogP contribution < -0.4 is 10.2 Å². The molecule has 3 amide bonds. The number of amides is 3. The average Bonchev–Trinajstić information content (AvgIpc) is 3.45. The number of urea groups is 1. The standard InChI is InChI=1S/C21H25ClN4O3S/c1-3-4-5-15-11-30-18(23-15)24-19(27)26-13-21(8-9-25(12-21)20(28)29-2)16-10-14(22)6-7-17(16)26/h6-7,10-11H,3-5,8-9,12-13H2,1-2H3,(H,23,24,27). The Balaban J connectivity index is 1.55. The molecule has 7 nitrogen and oxygen atoms in total. The number of benzene rings is 1. The molecule has 1 atom stereocenters. The molecule has 30 heavy (non-hydrogen) atoms. The third-order valence-electron chi connectivity index (χ3n) is 5.87. The van der Waals surface area contributed by atoms with E-state index in [1.807, 2.05) is 17.5 Å². The van der Waals surface area contributed by atoms with E-state index in [1.54, 1.807) is 15.9 Å². The lowest BCUT2D eigenvalue weighted by Crippen LogP contribution is -2.41. The quantitative estimate of drug-likeness (QED) is 0.721. The minimum Gasteiger partial charge on any atom is -0.453 e. The third kappa shape index (κ3) is 3.86. The lowest BCUT2D eigenvalue weighted by atomic mass is 9.81. The Bertz CT molecular complexity index is 965. The molecule has 0 aliphatic carbocycles. The smallest absolute Gasteiger partial charge is 0.409 e. The number of fused-ring (bicyclic) bond motifs is 2. The highest BCUT2D eigenvalue weighted by atomic mass is 35.5. The number of nitrogens with one attached hydrogen (secondary N) is 1. The Morgan fingerprint density at radius 2 is 2.20 bits per heavy atom. The molecule has 1 spiro atoms. The summed E-state index contributed by atoms with van der Waals surface area (Å²) in [5.41, 5.74) is 2.48. The maximum atomic E-state index is 13.1. The van der Waals surface area contributed by atoms with Crippen LogP contribution in [0, 0.1) is 0 Å². The fourth-order valence-corrected chi connectivity index (χ4v) is 5.23. The molecule has 3 heterocycles. The van der Waals surface area contributed by atoms with Crippen molar-refractivity contribution in [1.82, 2.24) is 9.88 Å². The number of unbranched alkanes of at least 4 members (excludes halogenated alkanes) is 1. The first-order chi connectivity index (χ1) is 14.5. The van der Waals surface area contributed by atoms with Gasteiger partial charge < -0.3 is 9.64 Å². The number of aromatic nitrogens is 1. The molecule has 1 aromatic carbocycles. The van der Waals surface area contributed by atoms with Crippen molar-refractivity contribution in [2.75, 3.05) is 37.0 Å². The SMILES string of the molecule is CCCCc1csc(NC(=O)N2CC3(CCN(C(=O)OC)C3)c3cc(Cl)ccc32)n1. The van der Waals surface area contributed by atoms with E-state index in [4.69, 9.17) is 16.3 Å². The minimum absolute atomic E-state index is 0.219. The third-order valence-corrected chi connectivity index (χ3v) is 6.91. The zero-order chi connectivity index (χ0) is 21.3. The van der Waals surface area contributed by atoms with Gasteiger partial charge in [-0.05, 0) is 43.0 Å². The predicted octanol–water partition coefficient (Wildman–Crippen LogP) is 4.90. The van der Waals surface area contributed by atoms with Gasteiger partial charge in [-0.1, -0.05) is 24.9 Å². The molecule has 4 rings (SSSR count). The predicted molar refractivity (Wildman–Crippen MR) is 119 cm³/mol. The fourth-order valence-electron chi connectivity index (χ4n) is 4.32. The summed E-state index contributed by atoms with van der Waals surface area (Å²) >= 11 is 7.72. The van der Waals surface area contributed by atoms with Crippen LogP contribution >= 0.6 is 22.9 Å². The first-order valence-corrected chi connectivity index (χ1v) is 11.4. The van der Waals surface area contributed by atoms with Crippen LogP contribution in [-0.2, 0) is 16.6 Å². The van der Waals surface area contributed by atoms with Crippen molar-refractivity contribution in [3.8, 4) is 0 Å². The number of likely N-dealkylation sites (tertiary alicyclic amines) is 1. The molecule has 2 aliphatic rings. The normalized spacial score (nSPS) is 20.0. The van der Waals surface area contributed by atoms with Crippen LogP contribution in [0.15, 0.2) is 23.6 Å². The number of aryl methyl sites for hydroxylation is 1. The maximum absolute atomic E-state index is 13.1. The number of methoxy groups -OCH3 is 1. The van der Waals surface area contributed by atoms with Crippen LogP contribution in [0.5, 0.6) is 0 Å². The monoisotopic (exact) mass is 448 g/mol. The number of ether oxygens (including phenoxy) is 1. The molecule has 0 bridgehead atoms. The molecule has 1 fully saturated rings. The van der Waals surface area contributed by atoms with Gasteiger partial charge in [-0.3, -0.25) is 10.2 Å². The van der Waals surface area contributed by atoms with Gasteiger partial charge >= 0.3 is 12.1 Å². The molecule has 1 aromatic heterocycles. The van der Waals surface area contributed by atoms with Gasteiger partial charge in [0.15, 0.2) is 5.13 Å². The Labute approximate surface area is 185 Å². The zero-order valence-electron chi connectivity index (χ0n) is 17.1. The van der Waals surface area contributed by atoms with E-state index in [9.17, 15) is 9.59 Å². The topological polar surface area (TPSA) is 74.8 Å². The molecule has 0 radical (unpaired) electrons. The van der Waals surface area contributed by atoms with Gasteiger partial charge in [0, 0.05) is 41.1 Å². The molecule has 1 saturated heterocycles. The lowest BCUT2D eigenvalue weighted by Gasteiger charge is -2.25. The lowest BCUT2D eigenvalue weighted by molar-refractivity contribution is 0.131. The van der Waals surface area contributed by atoms with E-state index < -0.39 is 0 Å². The molecule has 0 saturated carbocycles. The van der Waals surface area contributed by atoms with Crippen LogP contribution in [0.25, 0.3) is 0 Å². The van der Waals surface area contributed by atoms with E-state index >= 15 is 0 Å². The Morgan fingerprint density at radius 1 is 1.37 bits per heavy atom. The molecule has 9 heteroatoms. The second kappa shape index (κ2) is 8.43.